The predicted octanol–water partition coefficient (Wildman–Crippen LogP) is 3.81. The molecule has 1 atom stereocenters. The summed E-state index contributed by atoms with van der Waals surface area (Å²) in [6.07, 6.45) is -0.285. The van der Waals surface area contributed by atoms with Gasteiger partial charge < -0.3 is 10.1 Å². The van der Waals surface area contributed by atoms with E-state index in [0.717, 1.165) is 28.2 Å². The molecule has 0 aliphatic heterocycles. The number of ether oxygens (including phenoxy) is 1. The van der Waals surface area contributed by atoms with Crippen molar-refractivity contribution in [2.45, 2.75) is 46.3 Å². The molecular formula is C24H26FN3O3. The van der Waals surface area contributed by atoms with E-state index < -0.39 is 18.0 Å². The molecule has 0 spiro atoms. The molecule has 2 aromatic carbocycles. The third-order valence-electron chi connectivity index (χ3n) is 5.08. The fraction of sp³-hybridized carbons (Fsp3) is 0.292. The number of rotatable bonds is 8. The molecular weight excluding hydrogens is 397 g/mol. The Labute approximate surface area is 181 Å². The lowest BCUT2D eigenvalue weighted by molar-refractivity contribution is -0.154. The Morgan fingerprint density at radius 3 is 2.45 bits per heavy atom. The SMILES string of the molecule is Cc1nn(-c2ccccc2)c(C)c1CCC(=O)O[C@@H](C)C(=O)NCc1ccc(F)cc1. The average Bonchev–Trinajstić information content (AvgIpc) is 3.05. The summed E-state index contributed by atoms with van der Waals surface area (Å²) in [6.45, 7) is 5.65. The number of carbonyl (C=O) groups is 2. The van der Waals surface area contributed by atoms with Crippen LogP contribution in [0.3, 0.4) is 0 Å². The van der Waals surface area contributed by atoms with Gasteiger partial charge in [-0.15, -0.1) is 0 Å². The highest BCUT2D eigenvalue weighted by Crippen LogP contribution is 2.19. The largest absolute Gasteiger partial charge is 0.453 e. The molecule has 162 valence electrons. The van der Waals surface area contributed by atoms with Crippen molar-refractivity contribution in [2.75, 3.05) is 0 Å². The highest BCUT2D eigenvalue weighted by atomic mass is 19.1. The van der Waals surface area contributed by atoms with Crippen LogP contribution in [0.1, 0.15) is 35.9 Å². The minimum absolute atomic E-state index is 0.151. The number of aromatic nitrogens is 2. The molecule has 0 fully saturated rings. The third kappa shape index (κ3) is 5.78. The molecule has 0 saturated carbocycles. The number of benzene rings is 2. The summed E-state index contributed by atoms with van der Waals surface area (Å²) < 4.78 is 20.1. The number of nitrogens with zero attached hydrogens (tertiary/aromatic N) is 2. The molecule has 0 saturated heterocycles. The topological polar surface area (TPSA) is 73.2 Å². The van der Waals surface area contributed by atoms with Crippen molar-refractivity contribution in [1.82, 2.24) is 15.1 Å². The maximum absolute atomic E-state index is 12.9. The van der Waals surface area contributed by atoms with Crippen molar-refractivity contribution in [3.05, 3.63) is 82.9 Å². The minimum atomic E-state index is -0.915. The normalized spacial score (nSPS) is 11.7. The maximum Gasteiger partial charge on any atom is 0.306 e. The molecule has 31 heavy (non-hydrogen) atoms. The number of hydrogen-bond donors (Lipinski definition) is 1. The van der Waals surface area contributed by atoms with Crippen LogP contribution >= 0.6 is 0 Å². The summed E-state index contributed by atoms with van der Waals surface area (Å²) in [5, 5.41) is 7.27. The highest BCUT2D eigenvalue weighted by molar-refractivity contribution is 5.83. The van der Waals surface area contributed by atoms with Crippen LogP contribution in [0.15, 0.2) is 54.6 Å². The van der Waals surface area contributed by atoms with Gasteiger partial charge in [0.15, 0.2) is 6.10 Å². The van der Waals surface area contributed by atoms with Crippen LogP contribution in [0.4, 0.5) is 4.39 Å². The Morgan fingerprint density at radius 1 is 1.10 bits per heavy atom. The summed E-state index contributed by atoms with van der Waals surface area (Å²) >= 11 is 0. The lowest BCUT2D eigenvalue weighted by Gasteiger charge is -2.13. The van der Waals surface area contributed by atoms with E-state index in [4.69, 9.17) is 4.74 Å². The maximum atomic E-state index is 12.9. The third-order valence-corrected chi connectivity index (χ3v) is 5.08. The zero-order valence-electron chi connectivity index (χ0n) is 17.9. The van der Waals surface area contributed by atoms with Crippen LogP contribution in [0.2, 0.25) is 0 Å². The fourth-order valence-corrected chi connectivity index (χ4v) is 3.33. The van der Waals surface area contributed by atoms with Gasteiger partial charge in [0.2, 0.25) is 0 Å². The van der Waals surface area contributed by atoms with E-state index in [1.807, 2.05) is 48.9 Å². The monoisotopic (exact) mass is 423 g/mol. The second-order valence-corrected chi connectivity index (χ2v) is 7.37. The van der Waals surface area contributed by atoms with Gasteiger partial charge in [-0.1, -0.05) is 30.3 Å². The molecule has 1 N–H and O–H groups in total. The number of esters is 1. The lowest BCUT2D eigenvalue weighted by atomic mass is 10.1. The van der Waals surface area contributed by atoms with Crippen LogP contribution in [-0.4, -0.2) is 27.8 Å². The number of hydrogen-bond acceptors (Lipinski definition) is 4. The van der Waals surface area contributed by atoms with Gasteiger partial charge in [0.25, 0.3) is 5.91 Å². The summed E-state index contributed by atoms with van der Waals surface area (Å²) in [7, 11) is 0. The van der Waals surface area contributed by atoms with E-state index in [-0.39, 0.29) is 18.8 Å². The number of para-hydroxylation sites is 1. The first-order chi connectivity index (χ1) is 14.8. The Balaban J connectivity index is 1.51. The van der Waals surface area contributed by atoms with Crippen molar-refractivity contribution in [3.8, 4) is 5.69 Å². The van der Waals surface area contributed by atoms with Gasteiger partial charge >= 0.3 is 5.97 Å². The van der Waals surface area contributed by atoms with Crippen molar-refractivity contribution in [2.24, 2.45) is 0 Å². The summed E-state index contributed by atoms with van der Waals surface area (Å²) in [5.41, 5.74) is 4.55. The van der Waals surface area contributed by atoms with Gasteiger partial charge in [0.1, 0.15) is 5.82 Å². The molecule has 0 unspecified atom stereocenters. The van der Waals surface area contributed by atoms with E-state index in [1.165, 1.54) is 19.1 Å². The Kier molecular flexibility index (Phi) is 7.18. The molecule has 3 rings (SSSR count). The Bertz CT molecular complexity index is 1050. The second-order valence-electron chi connectivity index (χ2n) is 7.37. The van der Waals surface area contributed by atoms with Gasteiger partial charge in [0, 0.05) is 18.7 Å². The van der Waals surface area contributed by atoms with Crippen molar-refractivity contribution >= 4 is 11.9 Å². The standard InChI is InChI=1S/C24H26FN3O3/c1-16-22(17(2)28(27-16)21-7-5-4-6-8-21)13-14-23(29)31-18(3)24(30)26-15-19-9-11-20(25)12-10-19/h4-12,18H,13-15H2,1-3H3,(H,26,30)/t18-/m0/s1. The van der Waals surface area contributed by atoms with Crippen LogP contribution in [0, 0.1) is 19.7 Å². The first-order valence-electron chi connectivity index (χ1n) is 10.2. The molecule has 1 heterocycles. The van der Waals surface area contributed by atoms with Crippen LogP contribution in [0.25, 0.3) is 5.69 Å². The van der Waals surface area contributed by atoms with E-state index in [1.54, 1.807) is 12.1 Å². The predicted molar refractivity (Wildman–Crippen MR) is 115 cm³/mol. The van der Waals surface area contributed by atoms with Crippen molar-refractivity contribution in [3.63, 3.8) is 0 Å². The molecule has 3 aromatic rings. The molecule has 1 amide bonds. The van der Waals surface area contributed by atoms with Crippen LogP contribution in [-0.2, 0) is 27.3 Å². The lowest BCUT2D eigenvalue weighted by Crippen LogP contribution is -2.35. The van der Waals surface area contributed by atoms with Crippen molar-refractivity contribution < 1.29 is 18.7 Å². The number of amides is 1. The highest BCUT2D eigenvalue weighted by Gasteiger charge is 2.19. The van der Waals surface area contributed by atoms with Gasteiger partial charge in [-0.2, -0.15) is 5.10 Å². The minimum Gasteiger partial charge on any atom is -0.453 e. The van der Waals surface area contributed by atoms with Gasteiger partial charge in [0.05, 0.1) is 11.4 Å². The number of halogens is 1. The molecule has 1 aromatic heterocycles. The summed E-state index contributed by atoms with van der Waals surface area (Å²) in [4.78, 5) is 24.5. The summed E-state index contributed by atoms with van der Waals surface area (Å²) in [5.74, 6) is -1.19. The van der Waals surface area contributed by atoms with Gasteiger partial charge in [-0.25, -0.2) is 9.07 Å². The van der Waals surface area contributed by atoms with E-state index in [0.29, 0.717) is 6.42 Å². The fourth-order valence-electron chi connectivity index (χ4n) is 3.33. The van der Waals surface area contributed by atoms with Gasteiger partial charge in [-0.3, -0.25) is 9.59 Å². The quantitative estimate of drug-likeness (QED) is 0.559. The van der Waals surface area contributed by atoms with Crippen LogP contribution < -0.4 is 5.32 Å². The molecule has 7 heteroatoms. The molecule has 0 radical (unpaired) electrons. The van der Waals surface area contributed by atoms with Crippen LogP contribution in [0.5, 0.6) is 0 Å². The first kappa shape index (κ1) is 22.2. The van der Waals surface area contributed by atoms with E-state index >= 15 is 0 Å². The van der Waals surface area contributed by atoms with E-state index in [9.17, 15) is 14.0 Å². The molecule has 0 aliphatic rings. The molecule has 0 aliphatic carbocycles. The van der Waals surface area contributed by atoms with Gasteiger partial charge in [-0.05, 0) is 62.6 Å². The molecule has 6 nitrogen and oxygen atoms in total. The zero-order chi connectivity index (χ0) is 22.4. The Hall–Kier alpha value is -3.48. The first-order valence-corrected chi connectivity index (χ1v) is 10.2. The number of nitrogens with one attached hydrogen (secondary N) is 1. The zero-order valence-corrected chi connectivity index (χ0v) is 17.9. The van der Waals surface area contributed by atoms with E-state index in [2.05, 4.69) is 10.4 Å². The summed E-state index contributed by atoms with van der Waals surface area (Å²) in [6, 6.07) is 15.6. The smallest absolute Gasteiger partial charge is 0.306 e. The van der Waals surface area contributed by atoms with Crippen molar-refractivity contribution in [1.29, 1.82) is 0 Å². The number of carbonyl (C=O) groups excluding carboxylic acids is 2. The Morgan fingerprint density at radius 2 is 1.77 bits per heavy atom. The second kappa shape index (κ2) is 10.0. The average molecular weight is 423 g/mol. The molecule has 0 bridgehead atoms. The number of aryl methyl sites for hydroxylation is 1.